The van der Waals surface area contributed by atoms with Crippen molar-refractivity contribution in [1.29, 1.82) is 0 Å². The van der Waals surface area contributed by atoms with Gasteiger partial charge in [-0.2, -0.15) is 0 Å². The van der Waals surface area contributed by atoms with Crippen molar-refractivity contribution in [1.82, 2.24) is 5.32 Å². The van der Waals surface area contributed by atoms with Crippen LogP contribution in [0.15, 0.2) is 36.5 Å². The summed E-state index contributed by atoms with van der Waals surface area (Å²) in [7, 11) is 0. The van der Waals surface area contributed by atoms with Crippen molar-refractivity contribution in [3.8, 4) is 0 Å². The molecule has 0 aromatic rings. The highest BCUT2D eigenvalue weighted by molar-refractivity contribution is 5.87. The number of carbonyl (C=O) groups is 1. The minimum absolute atomic E-state index is 0.00434. The Morgan fingerprint density at radius 2 is 2.11 bits per heavy atom. The van der Waals surface area contributed by atoms with Crippen LogP contribution in [0.2, 0.25) is 0 Å². The summed E-state index contributed by atoms with van der Waals surface area (Å²) >= 11 is 0. The van der Waals surface area contributed by atoms with Gasteiger partial charge in [0.25, 0.3) is 0 Å². The number of allylic oxidation sites excluding steroid dienone is 2. The van der Waals surface area contributed by atoms with E-state index in [1.54, 1.807) is 6.08 Å². The van der Waals surface area contributed by atoms with Crippen LogP contribution in [0.3, 0.4) is 0 Å². The first-order valence-electron chi connectivity index (χ1n) is 10.4. The van der Waals surface area contributed by atoms with Gasteiger partial charge in [0.15, 0.2) is 0 Å². The minimum Gasteiger partial charge on any atom is -0.375 e. The highest BCUT2D eigenvalue weighted by atomic mass is 16.6. The van der Waals surface area contributed by atoms with Gasteiger partial charge in [-0.15, -0.1) is 0 Å². The zero-order valence-corrected chi connectivity index (χ0v) is 18.1. The molecule has 0 bridgehead atoms. The fourth-order valence-electron chi connectivity index (χ4n) is 3.44. The predicted molar refractivity (Wildman–Crippen MR) is 112 cm³/mol. The van der Waals surface area contributed by atoms with Gasteiger partial charge in [-0.05, 0) is 51.5 Å². The highest BCUT2D eigenvalue weighted by Gasteiger charge is 2.35. The molecule has 2 aliphatic rings. The van der Waals surface area contributed by atoms with Gasteiger partial charge >= 0.3 is 0 Å². The molecule has 0 saturated carbocycles. The van der Waals surface area contributed by atoms with Crippen LogP contribution in [0.25, 0.3) is 0 Å². The summed E-state index contributed by atoms with van der Waals surface area (Å²) in [6, 6.07) is 0.0328. The van der Waals surface area contributed by atoms with Crippen LogP contribution in [0.5, 0.6) is 0 Å². The van der Waals surface area contributed by atoms with Crippen molar-refractivity contribution < 1.29 is 19.0 Å². The summed E-state index contributed by atoms with van der Waals surface area (Å²) in [5.41, 5.74) is 1.01. The molecule has 5 heteroatoms. The van der Waals surface area contributed by atoms with Gasteiger partial charge in [-0.3, -0.25) is 4.79 Å². The molecule has 1 amide bonds. The lowest BCUT2D eigenvalue weighted by atomic mass is 9.88. The Labute approximate surface area is 170 Å². The molecule has 0 aliphatic carbocycles. The summed E-state index contributed by atoms with van der Waals surface area (Å²) in [5.74, 6) is 0.488. The van der Waals surface area contributed by atoms with E-state index in [4.69, 9.17) is 14.2 Å². The van der Waals surface area contributed by atoms with Crippen molar-refractivity contribution >= 4 is 5.91 Å². The van der Waals surface area contributed by atoms with Gasteiger partial charge in [0.05, 0.1) is 38.1 Å². The first-order valence-corrected chi connectivity index (χ1v) is 10.4. The van der Waals surface area contributed by atoms with Gasteiger partial charge in [-0.25, -0.2) is 0 Å². The summed E-state index contributed by atoms with van der Waals surface area (Å²) in [6.07, 6.45) is 9.53. The molecule has 28 heavy (non-hydrogen) atoms. The van der Waals surface area contributed by atoms with Crippen LogP contribution in [0.1, 0.15) is 47.5 Å². The lowest BCUT2D eigenvalue weighted by Crippen LogP contribution is -2.50. The lowest BCUT2D eigenvalue weighted by molar-refractivity contribution is -0.201. The molecule has 2 rings (SSSR count). The van der Waals surface area contributed by atoms with Crippen molar-refractivity contribution in [2.75, 3.05) is 19.8 Å². The third-order valence-corrected chi connectivity index (χ3v) is 5.62. The summed E-state index contributed by atoms with van der Waals surface area (Å²) < 4.78 is 17.2. The Balaban J connectivity index is 1.76. The Morgan fingerprint density at radius 3 is 2.71 bits per heavy atom. The topological polar surface area (TPSA) is 56.8 Å². The van der Waals surface area contributed by atoms with E-state index < -0.39 is 0 Å². The molecule has 2 heterocycles. The standard InChI is InChI=1S/C23H37NO4/c1-7-16(2)8-10-21-18(4)12-20(19(5)28-21)24-22(25)11-9-17(3)13-27-23(6)14-26-15-23/h7-9,11,17-21H,1,10,12-15H2,2-6H3,(H,24,25)/b11-9+,16-8+/t17?,18-,19+,20+,21-/m0/s1. The summed E-state index contributed by atoms with van der Waals surface area (Å²) in [6.45, 7) is 16.0. The van der Waals surface area contributed by atoms with E-state index in [-0.39, 0.29) is 35.7 Å². The van der Waals surface area contributed by atoms with E-state index in [0.29, 0.717) is 25.7 Å². The Bertz CT molecular complexity index is 593. The number of hydrogen-bond acceptors (Lipinski definition) is 4. The Kier molecular flexibility index (Phi) is 8.47. The third-order valence-electron chi connectivity index (χ3n) is 5.62. The number of hydrogen-bond donors (Lipinski definition) is 1. The number of carbonyl (C=O) groups excluding carboxylic acids is 1. The molecule has 1 unspecified atom stereocenters. The second kappa shape index (κ2) is 10.4. The van der Waals surface area contributed by atoms with E-state index in [9.17, 15) is 4.79 Å². The predicted octanol–water partition coefficient (Wildman–Crippen LogP) is 3.80. The average Bonchev–Trinajstić information content (AvgIpc) is 2.64. The molecule has 0 aromatic heterocycles. The highest BCUT2D eigenvalue weighted by Crippen LogP contribution is 2.28. The number of ether oxygens (including phenoxy) is 3. The van der Waals surface area contributed by atoms with Crippen molar-refractivity contribution in [3.05, 3.63) is 36.5 Å². The van der Waals surface area contributed by atoms with Gasteiger partial charge in [0.2, 0.25) is 5.91 Å². The molecular weight excluding hydrogens is 354 g/mol. The summed E-state index contributed by atoms with van der Waals surface area (Å²) in [5, 5.41) is 3.10. The minimum atomic E-state index is -0.161. The van der Waals surface area contributed by atoms with Crippen LogP contribution < -0.4 is 5.32 Å². The first-order chi connectivity index (χ1) is 13.2. The van der Waals surface area contributed by atoms with Crippen LogP contribution in [0, 0.1) is 11.8 Å². The molecule has 2 fully saturated rings. The van der Waals surface area contributed by atoms with E-state index in [2.05, 4.69) is 24.9 Å². The summed E-state index contributed by atoms with van der Waals surface area (Å²) in [4.78, 5) is 12.3. The third kappa shape index (κ3) is 6.87. The number of nitrogens with one attached hydrogen (secondary N) is 1. The zero-order chi connectivity index (χ0) is 20.7. The number of rotatable bonds is 9. The van der Waals surface area contributed by atoms with Crippen LogP contribution in [-0.2, 0) is 19.0 Å². The Morgan fingerprint density at radius 1 is 1.39 bits per heavy atom. The van der Waals surface area contributed by atoms with E-state index >= 15 is 0 Å². The fourth-order valence-corrected chi connectivity index (χ4v) is 3.44. The molecule has 5 atom stereocenters. The molecular formula is C23H37NO4. The Hall–Kier alpha value is -1.43. The van der Waals surface area contributed by atoms with Crippen molar-refractivity contribution in [2.24, 2.45) is 11.8 Å². The molecule has 0 spiro atoms. The molecule has 2 saturated heterocycles. The largest absolute Gasteiger partial charge is 0.375 e. The van der Waals surface area contributed by atoms with E-state index in [0.717, 1.165) is 12.8 Å². The van der Waals surface area contributed by atoms with Gasteiger partial charge < -0.3 is 19.5 Å². The number of amides is 1. The maximum atomic E-state index is 12.3. The molecule has 0 radical (unpaired) electrons. The molecule has 2 aliphatic heterocycles. The fraction of sp³-hybridized carbons (Fsp3) is 0.696. The SMILES string of the molecule is C=C/C(C)=C/C[C@@H]1O[C@H](C)[C@H](NC(=O)/C=C/C(C)COC2(C)COC2)C[C@@H]1C. The maximum absolute atomic E-state index is 12.3. The zero-order valence-electron chi connectivity index (χ0n) is 18.1. The van der Waals surface area contributed by atoms with Gasteiger partial charge in [0, 0.05) is 0 Å². The van der Waals surface area contributed by atoms with Gasteiger partial charge in [0.1, 0.15) is 5.60 Å². The first kappa shape index (κ1) is 22.9. The molecule has 1 N–H and O–H groups in total. The van der Waals surface area contributed by atoms with Crippen LogP contribution >= 0.6 is 0 Å². The second-order valence-electron chi connectivity index (χ2n) is 8.69. The second-order valence-corrected chi connectivity index (χ2v) is 8.69. The molecule has 5 nitrogen and oxygen atoms in total. The van der Waals surface area contributed by atoms with E-state index in [1.807, 2.05) is 39.8 Å². The average molecular weight is 392 g/mol. The quantitative estimate of drug-likeness (QED) is 0.480. The van der Waals surface area contributed by atoms with Gasteiger partial charge in [-0.1, -0.05) is 44.2 Å². The monoisotopic (exact) mass is 391 g/mol. The molecule has 158 valence electrons. The maximum Gasteiger partial charge on any atom is 0.243 e. The smallest absolute Gasteiger partial charge is 0.243 e. The molecule has 0 aromatic carbocycles. The van der Waals surface area contributed by atoms with Crippen LogP contribution in [-0.4, -0.2) is 49.6 Å². The van der Waals surface area contributed by atoms with Crippen molar-refractivity contribution in [3.63, 3.8) is 0 Å². The van der Waals surface area contributed by atoms with Crippen LogP contribution in [0.4, 0.5) is 0 Å². The van der Waals surface area contributed by atoms with E-state index in [1.165, 1.54) is 5.57 Å². The van der Waals surface area contributed by atoms with Crippen molar-refractivity contribution in [2.45, 2.75) is 71.3 Å². The normalized spacial score (nSPS) is 31.2. The lowest BCUT2D eigenvalue weighted by Gasteiger charge is -2.39.